The quantitative estimate of drug-likeness (QED) is 0.836. The summed E-state index contributed by atoms with van der Waals surface area (Å²) in [4.78, 5) is 15.9. The van der Waals surface area contributed by atoms with E-state index in [1.165, 1.54) is 0 Å². The highest BCUT2D eigenvalue weighted by Gasteiger charge is 2.15. The number of nitrogens with zero attached hydrogens (tertiary/aromatic N) is 1. The molecule has 1 atom stereocenters. The molecule has 2 rings (SSSR count). The van der Waals surface area contributed by atoms with Gasteiger partial charge in [0.2, 0.25) is 0 Å². The number of benzene rings is 1. The Morgan fingerprint density at radius 3 is 2.75 bits per heavy atom. The molecular weight excluding hydrogens is 252 g/mol. The highest BCUT2D eigenvalue weighted by molar-refractivity contribution is 5.98. The molecule has 0 radical (unpaired) electrons. The summed E-state index contributed by atoms with van der Waals surface area (Å²) in [6, 6.07) is 9.50. The molecule has 20 heavy (non-hydrogen) atoms. The SMILES string of the molecule is CCCC(CC)Nc1nc2ccccc2cc1C(=O)O. The molecule has 0 bridgehead atoms. The van der Waals surface area contributed by atoms with E-state index >= 15 is 0 Å². The number of anilines is 1. The standard InChI is InChI=1S/C16H20N2O2/c1-3-7-12(4-2)17-15-13(16(19)20)10-11-8-5-6-9-14(11)18-15/h5-6,8-10,12H,3-4,7H2,1-2H3,(H,17,18)(H,19,20). The molecule has 2 N–H and O–H groups in total. The third-order valence-corrected chi connectivity index (χ3v) is 3.43. The molecule has 1 heterocycles. The second-order valence-corrected chi connectivity index (χ2v) is 4.92. The number of nitrogens with one attached hydrogen (secondary N) is 1. The number of rotatable bonds is 6. The third-order valence-electron chi connectivity index (χ3n) is 3.43. The van der Waals surface area contributed by atoms with Crippen molar-refractivity contribution in [2.75, 3.05) is 5.32 Å². The first-order chi connectivity index (χ1) is 9.65. The second-order valence-electron chi connectivity index (χ2n) is 4.92. The molecule has 0 spiro atoms. The number of para-hydroxylation sites is 1. The number of fused-ring (bicyclic) bond motifs is 1. The van der Waals surface area contributed by atoms with E-state index in [-0.39, 0.29) is 11.6 Å². The number of carboxylic acid groups (broad SMARTS) is 1. The Morgan fingerprint density at radius 2 is 2.10 bits per heavy atom. The lowest BCUT2D eigenvalue weighted by molar-refractivity contribution is 0.0697. The van der Waals surface area contributed by atoms with E-state index in [0.29, 0.717) is 5.82 Å². The minimum Gasteiger partial charge on any atom is -0.478 e. The number of carbonyl (C=O) groups is 1. The minimum atomic E-state index is -0.947. The van der Waals surface area contributed by atoms with Crippen LogP contribution in [0.2, 0.25) is 0 Å². The molecule has 0 saturated carbocycles. The first kappa shape index (κ1) is 14.3. The monoisotopic (exact) mass is 272 g/mol. The van der Waals surface area contributed by atoms with Gasteiger partial charge in [0.05, 0.1) is 5.52 Å². The number of hydrogen-bond acceptors (Lipinski definition) is 3. The summed E-state index contributed by atoms with van der Waals surface area (Å²) >= 11 is 0. The van der Waals surface area contributed by atoms with E-state index in [0.717, 1.165) is 30.2 Å². The largest absolute Gasteiger partial charge is 0.478 e. The highest BCUT2D eigenvalue weighted by Crippen LogP contribution is 2.22. The fourth-order valence-corrected chi connectivity index (χ4v) is 2.31. The van der Waals surface area contributed by atoms with Gasteiger partial charge in [-0.25, -0.2) is 9.78 Å². The Morgan fingerprint density at radius 1 is 1.35 bits per heavy atom. The van der Waals surface area contributed by atoms with Crippen molar-refractivity contribution in [1.29, 1.82) is 0 Å². The Hall–Kier alpha value is -2.10. The Balaban J connectivity index is 2.43. The summed E-state index contributed by atoms with van der Waals surface area (Å²) in [5, 5.41) is 13.5. The summed E-state index contributed by atoms with van der Waals surface area (Å²) in [7, 11) is 0. The molecular formula is C16H20N2O2. The maximum Gasteiger partial charge on any atom is 0.339 e. The van der Waals surface area contributed by atoms with E-state index < -0.39 is 5.97 Å². The Kier molecular flexibility index (Phi) is 4.56. The fourth-order valence-electron chi connectivity index (χ4n) is 2.31. The summed E-state index contributed by atoms with van der Waals surface area (Å²) in [6.07, 6.45) is 3.01. The second kappa shape index (κ2) is 6.37. The number of pyridine rings is 1. The van der Waals surface area contributed by atoms with Crippen LogP contribution in [-0.2, 0) is 0 Å². The molecule has 0 aliphatic heterocycles. The highest BCUT2D eigenvalue weighted by atomic mass is 16.4. The van der Waals surface area contributed by atoms with Gasteiger partial charge in [-0.15, -0.1) is 0 Å². The van der Waals surface area contributed by atoms with E-state index in [9.17, 15) is 9.90 Å². The van der Waals surface area contributed by atoms with Gasteiger partial charge in [0.25, 0.3) is 0 Å². The van der Waals surface area contributed by atoms with Gasteiger partial charge in [-0.1, -0.05) is 38.5 Å². The molecule has 4 nitrogen and oxygen atoms in total. The predicted octanol–water partition coefficient (Wildman–Crippen LogP) is 3.92. The molecule has 0 saturated heterocycles. The average molecular weight is 272 g/mol. The van der Waals surface area contributed by atoms with Crippen molar-refractivity contribution in [3.05, 3.63) is 35.9 Å². The predicted molar refractivity (Wildman–Crippen MR) is 81.3 cm³/mol. The molecule has 1 aromatic carbocycles. The zero-order valence-corrected chi connectivity index (χ0v) is 11.9. The molecule has 106 valence electrons. The van der Waals surface area contributed by atoms with Crippen molar-refractivity contribution in [2.45, 2.75) is 39.2 Å². The Labute approximate surface area is 118 Å². The van der Waals surface area contributed by atoms with Crippen LogP contribution in [0.15, 0.2) is 30.3 Å². The molecule has 1 aromatic heterocycles. The molecule has 2 aromatic rings. The molecule has 0 fully saturated rings. The number of hydrogen-bond donors (Lipinski definition) is 2. The van der Waals surface area contributed by atoms with Crippen LogP contribution in [-0.4, -0.2) is 22.1 Å². The summed E-state index contributed by atoms with van der Waals surface area (Å²) < 4.78 is 0. The number of aromatic nitrogens is 1. The summed E-state index contributed by atoms with van der Waals surface area (Å²) in [5.74, 6) is -0.478. The topological polar surface area (TPSA) is 62.2 Å². The lowest BCUT2D eigenvalue weighted by atomic mass is 10.1. The van der Waals surface area contributed by atoms with Gasteiger partial charge in [0.15, 0.2) is 0 Å². The lowest BCUT2D eigenvalue weighted by Gasteiger charge is -2.18. The molecule has 4 heteroatoms. The van der Waals surface area contributed by atoms with Crippen LogP contribution >= 0.6 is 0 Å². The average Bonchev–Trinajstić information content (AvgIpc) is 2.45. The zero-order chi connectivity index (χ0) is 14.5. The van der Waals surface area contributed by atoms with Crippen molar-refractivity contribution in [3.8, 4) is 0 Å². The fraction of sp³-hybridized carbons (Fsp3) is 0.375. The van der Waals surface area contributed by atoms with Gasteiger partial charge in [0.1, 0.15) is 11.4 Å². The van der Waals surface area contributed by atoms with Crippen LogP contribution in [0, 0.1) is 0 Å². The van der Waals surface area contributed by atoms with Crippen molar-refractivity contribution < 1.29 is 9.90 Å². The van der Waals surface area contributed by atoms with Crippen molar-refractivity contribution >= 4 is 22.7 Å². The van der Waals surface area contributed by atoms with Crippen molar-refractivity contribution in [1.82, 2.24) is 4.98 Å². The van der Waals surface area contributed by atoms with E-state index in [1.54, 1.807) is 6.07 Å². The van der Waals surface area contributed by atoms with Gasteiger partial charge in [-0.05, 0) is 25.0 Å². The number of aromatic carboxylic acids is 1. The number of carboxylic acids is 1. The smallest absolute Gasteiger partial charge is 0.339 e. The minimum absolute atomic E-state index is 0.234. The van der Waals surface area contributed by atoms with E-state index in [2.05, 4.69) is 24.1 Å². The molecule has 0 amide bonds. The van der Waals surface area contributed by atoms with Crippen LogP contribution in [0.5, 0.6) is 0 Å². The third kappa shape index (κ3) is 3.07. The maximum absolute atomic E-state index is 11.4. The van der Waals surface area contributed by atoms with Crippen molar-refractivity contribution in [3.63, 3.8) is 0 Å². The zero-order valence-electron chi connectivity index (χ0n) is 11.9. The van der Waals surface area contributed by atoms with Crippen LogP contribution in [0.3, 0.4) is 0 Å². The van der Waals surface area contributed by atoms with Crippen LogP contribution in [0.25, 0.3) is 10.9 Å². The first-order valence-corrected chi connectivity index (χ1v) is 7.05. The van der Waals surface area contributed by atoms with Crippen LogP contribution in [0.4, 0.5) is 5.82 Å². The summed E-state index contributed by atoms with van der Waals surface area (Å²) in [5.41, 5.74) is 1.05. The van der Waals surface area contributed by atoms with Crippen LogP contribution < -0.4 is 5.32 Å². The summed E-state index contributed by atoms with van der Waals surface area (Å²) in [6.45, 7) is 4.21. The lowest BCUT2D eigenvalue weighted by Crippen LogP contribution is -2.21. The molecule has 1 unspecified atom stereocenters. The van der Waals surface area contributed by atoms with Crippen molar-refractivity contribution in [2.24, 2.45) is 0 Å². The van der Waals surface area contributed by atoms with Gasteiger partial charge in [-0.2, -0.15) is 0 Å². The van der Waals surface area contributed by atoms with E-state index in [1.807, 2.05) is 24.3 Å². The van der Waals surface area contributed by atoms with Gasteiger partial charge >= 0.3 is 5.97 Å². The van der Waals surface area contributed by atoms with Gasteiger partial charge < -0.3 is 10.4 Å². The normalized spacial score (nSPS) is 12.3. The van der Waals surface area contributed by atoms with Gasteiger partial charge in [-0.3, -0.25) is 0 Å². The molecule has 0 aliphatic rings. The van der Waals surface area contributed by atoms with Crippen LogP contribution in [0.1, 0.15) is 43.5 Å². The maximum atomic E-state index is 11.4. The first-order valence-electron chi connectivity index (χ1n) is 7.05. The van der Waals surface area contributed by atoms with E-state index in [4.69, 9.17) is 0 Å². The Bertz CT molecular complexity index is 610. The molecule has 0 aliphatic carbocycles. The van der Waals surface area contributed by atoms with Gasteiger partial charge in [0, 0.05) is 11.4 Å².